The molecule has 0 saturated heterocycles. The standard InChI is InChI=1S/C26H44I2/c1-6-20-8-7-9-22(14-20)24-16-25(26(5,27)28)19(4)18(3)23(24)15-21-12-10-17(2)11-13-21/h9,17-21,23-25H,6-8,10-16H2,1-5H3/t17?,18?,19-,20-,21?,23+,24?,25?/m0/s1. The van der Waals surface area contributed by atoms with Crippen LogP contribution in [0.4, 0.5) is 0 Å². The number of alkyl halides is 2. The molecule has 0 aliphatic heterocycles. The van der Waals surface area contributed by atoms with Crippen molar-refractivity contribution >= 4 is 45.2 Å². The Labute approximate surface area is 203 Å². The second-order valence-corrected chi connectivity index (χ2v) is 17.5. The smallest absolute Gasteiger partial charge is 0.0737 e. The highest BCUT2D eigenvalue weighted by Crippen LogP contribution is 2.56. The fourth-order valence-electron chi connectivity index (χ4n) is 6.88. The van der Waals surface area contributed by atoms with Crippen LogP contribution < -0.4 is 0 Å². The van der Waals surface area contributed by atoms with Crippen molar-refractivity contribution in [3.63, 3.8) is 0 Å². The Morgan fingerprint density at radius 2 is 1.64 bits per heavy atom. The van der Waals surface area contributed by atoms with Crippen LogP contribution in [0.3, 0.4) is 0 Å². The molecule has 0 radical (unpaired) electrons. The molecule has 0 bridgehead atoms. The predicted octanol–water partition coefficient (Wildman–Crippen LogP) is 9.45. The normalized spacial score (nSPS) is 42.9. The molecular weight excluding hydrogens is 566 g/mol. The van der Waals surface area contributed by atoms with E-state index < -0.39 is 0 Å². The summed E-state index contributed by atoms with van der Waals surface area (Å²) < 4.78 is 0.381. The van der Waals surface area contributed by atoms with Crippen molar-refractivity contribution in [3.8, 4) is 0 Å². The van der Waals surface area contributed by atoms with Crippen molar-refractivity contribution in [3.05, 3.63) is 11.6 Å². The first-order valence-electron chi connectivity index (χ1n) is 12.3. The van der Waals surface area contributed by atoms with Gasteiger partial charge in [-0.3, -0.25) is 0 Å². The number of allylic oxidation sites excluding steroid dienone is 2. The summed E-state index contributed by atoms with van der Waals surface area (Å²) in [5, 5.41) is 0. The number of hydrogen-bond acceptors (Lipinski definition) is 0. The summed E-state index contributed by atoms with van der Waals surface area (Å²) in [7, 11) is 0. The van der Waals surface area contributed by atoms with Crippen LogP contribution in [0.15, 0.2) is 11.6 Å². The van der Waals surface area contributed by atoms with Crippen molar-refractivity contribution < 1.29 is 0 Å². The van der Waals surface area contributed by atoms with Crippen molar-refractivity contribution in [1.29, 1.82) is 0 Å². The van der Waals surface area contributed by atoms with E-state index in [4.69, 9.17) is 0 Å². The average Bonchev–Trinajstić information content (AvgIpc) is 2.66. The van der Waals surface area contributed by atoms with E-state index in [1.54, 1.807) is 0 Å². The van der Waals surface area contributed by atoms with E-state index in [1.807, 2.05) is 5.57 Å². The quantitative estimate of drug-likeness (QED) is 0.165. The van der Waals surface area contributed by atoms with Gasteiger partial charge in [0, 0.05) is 0 Å². The first kappa shape index (κ1) is 23.9. The van der Waals surface area contributed by atoms with Crippen molar-refractivity contribution in [2.45, 2.75) is 100 Å². The van der Waals surface area contributed by atoms with Crippen molar-refractivity contribution in [1.82, 2.24) is 0 Å². The van der Waals surface area contributed by atoms with E-state index in [-0.39, 0.29) is 0 Å². The maximum atomic E-state index is 2.75. The zero-order chi connectivity index (χ0) is 20.5. The Hall–Kier alpha value is 1.20. The van der Waals surface area contributed by atoms with Crippen LogP contribution in [0.25, 0.3) is 0 Å². The van der Waals surface area contributed by atoms with Gasteiger partial charge in [0.15, 0.2) is 0 Å². The van der Waals surface area contributed by atoms with Gasteiger partial charge in [0.2, 0.25) is 0 Å². The second-order valence-electron chi connectivity index (χ2n) is 11.0. The molecule has 6 atom stereocenters. The Bertz CT molecular complexity index is 523. The summed E-state index contributed by atoms with van der Waals surface area (Å²) in [6, 6.07) is 0. The predicted molar refractivity (Wildman–Crippen MR) is 141 cm³/mol. The van der Waals surface area contributed by atoms with E-state index in [9.17, 15) is 0 Å². The second kappa shape index (κ2) is 10.2. The van der Waals surface area contributed by atoms with E-state index in [0.717, 1.165) is 47.3 Å². The molecule has 28 heavy (non-hydrogen) atoms. The number of rotatable bonds is 5. The van der Waals surface area contributed by atoms with Crippen LogP contribution in [0.5, 0.6) is 0 Å². The summed E-state index contributed by atoms with van der Waals surface area (Å²) in [6.07, 6.45) is 17.2. The lowest BCUT2D eigenvalue weighted by atomic mass is 9.57. The summed E-state index contributed by atoms with van der Waals surface area (Å²) in [4.78, 5) is 0. The Morgan fingerprint density at radius 3 is 2.25 bits per heavy atom. The zero-order valence-corrected chi connectivity index (χ0v) is 23.3. The molecular formula is C26H44I2. The van der Waals surface area contributed by atoms with Gasteiger partial charge in [0.1, 0.15) is 0 Å². The molecule has 3 unspecified atom stereocenters. The SMILES string of the molecule is CC[C@H]1CCC=C(C2CC(C(C)(I)I)[C@@H](C)C(C)[C@H]2CC2CCC(C)CC2)C1. The molecule has 0 aromatic heterocycles. The van der Waals surface area contributed by atoms with Gasteiger partial charge < -0.3 is 0 Å². The molecule has 0 amide bonds. The van der Waals surface area contributed by atoms with Crippen LogP contribution in [-0.2, 0) is 0 Å². The average molecular weight is 610 g/mol. The highest BCUT2D eigenvalue weighted by Gasteiger charge is 2.47. The van der Waals surface area contributed by atoms with Crippen LogP contribution in [-0.4, -0.2) is 1.43 Å². The lowest BCUT2D eigenvalue weighted by molar-refractivity contribution is 0.0472. The Balaban J connectivity index is 1.82. The van der Waals surface area contributed by atoms with Crippen LogP contribution in [0.1, 0.15) is 98.8 Å². The topological polar surface area (TPSA) is 0 Å². The highest BCUT2D eigenvalue weighted by atomic mass is 127. The van der Waals surface area contributed by atoms with Crippen LogP contribution >= 0.6 is 45.2 Å². The maximum absolute atomic E-state index is 2.75. The minimum atomic E-state index is 0.381. The fraction of sp³-hybridized carbons (Fsp3) is 0.923. The van der Waals surface area contributed by atoms with E-state index in [0.29, 0.717) is 1.43 Å². The molecule has 0 N–H and O–H groups in total. The van der Waals surface area contributed by atoms with Gasteiger partial charge in [0.25, 0.3) is 0 Å². The van der Waals surface area contributed by atoms with E-state index in [2.05, 4.69) is 85.9 Å². The van der Waals surface area contributed by atoms with Crippen molar-refractivity contribution in [2.75, 3.05) is 0 Å². The van der Waals surface area contributed by atoms with Gasteiger partial charge >= 0.3 is 0 Å². The minimum Gasteiger partial charge on any atom is -0.0850 e. The molecule has 0 aromatic rings. The van der Waals surface area contributed by atoms with Gasteiger partial charge in [-0.25, -0.2) is 0 Å². The molecule has 0 nitrogen and oxygen atoms in total. The van der Waals surface area contributed by atoms with Gasteiger partial charge in [-0.15, -0.1) is 0 Å². The van der Waals surface area contributed by atoms with E-state index in [1.165, 1.54) is 64.2 Å². The zero-order valence-electron chi connectivity index (χ0n) is 19.0. The molecule has 2 fully saturated rings. The Morgan fingerprint density at radius 1 is 0.964 bits per heavy atom. The summed E-state index contributed by atoms with van der Waals surface area (Å²) in [5.74, 6) is 7.31. The lowest BCUT2D eigenvalue weighted by Gasteiger charge is -2.51. The maximum Gasteiger partial charge on any atom is 0.0737 e. The molecule has 0 aromatic carbocycles. The summed E-state index contributed by atoms with van der Waals surface area (Å²) in [5.41, 5.74) is 1.88. The third kappa shape index (κ3) is 5.71. The summed E-state index contributed by atoms with van der Waals surface area (Å²) >= 11 is 5.49. The first-order chi connectivity index (χ1) is 13.2. The van der Waals surface area contributed by atoms with Gasteiger partial charge in [-0.1, -0.05) is 117 Å². The Kier molecular flexibility index (Phi) is 8.70. The van der Waals surface area contributed by atoms with Gasteiger partial charge in [-0.05, 0) is 86.4 Å². The molecule has 3 aliphatic rings. The minimum absolute atomic E-state index is 0.381. The van der Waals surface area contributed by atoms with Gasteiger partial charge in [0.05, 0.1) is 1.43 Å². The fourth-order valence-corrected chi connectivity index (χ4v) is 8.53. The molecule has 0 heterocycles. The monoisotopic (exact) mass is 610 g/mol. The molecule has 3 aliphatic carbocycles. The van der Waals surface area contributed by atoms with E-state index >= 15 is 0 Å². The third-order valence-corrected chi connectivity index (χ3v) is 10.7. The van der Waals surface area contributed by atoms with Crippen LogP contribution in [0.2, 0.25) is 0 Å². The lowest BCUT2D eigenvalue weighted by Crippen LogP contribution is -2.44. The molecule has 3 rings (SSSR count). The molecule has 2 heteroatoms. The third-order valence-electron chi connectivity index (χ3n) is 9.12. The highest BCUT2D eigenvalue weighted by molar-refractivity contribution is 14.2. The number of hydrogen-bond donors (Lipinski definition) is 0. The van der Waals surface area contributed by atoms with Crippen LogP contribution in [0, 0.1) is 47.3 Å². The molecule has 162 valence electrons. The van der Waals surface area contributed by atoms with Gasteiger partial charge in [-0.2, -0.15) is 0 Å². The first-order valence-corrected chi connectivity index (χ1v) is 14.4. The van der Waals surface area contributed by atoms with Crippen molar-refractivity contribution in [2.24, 2.45) is 47.3 Å². The largest absolute Gasteiger partial charge is 0.0850 e. The molecule has 0 spiro atoms. The molecule has 2 saturated carbocycles. The number of halogens is 2. The summed E-state index contributed by atoms with van der Waals surface area (Å²) in [6.45, 7) is 12.6.